The maximum Gasteiger partial charge on any atom is 0.220 e. The van der Waals surface area contributed by atoms with E-state index in [0.717, 1.165) is 12.8 Å². The van der Waals surface area contributed by atoms with E-state index < -0.39 is 9.84 Å². The number of carbonyl (C=O) groups is 1. The van der Waals surface area contributed by atoms with Crippen LogP contribution in [0.15, 0.2) is 0 Å². The Morgan fingerprint density at radius 3 is 2.44 bits per heavy atom. The summed E-state index contributed by atoms with van der Waals surface area (Å²) in [5, 5.41) is 2.84. The lowest BCUT2D eigenvalue weighted by atomic mass is 10.0. The standard InChI is InChI=1S/C11H19NO3S/c13-11(7-9-3-1-2-4-9)12-10-5-6-16(14,15)8-10/h9-10H,1-8H2,(H,12,13)/t10-/m1/s1. The summed E-state index contributed by atoms with van der Waals surface area (Å²) < 4.78 is 22.4. The number of rotatable bonds is 3. The average Bonchev–Trinajstić information content (AvgIpc) is 2.76. The molecule has 1 saturated carbocycles. The molecule has 1 N–H and O–H groups in total. The van der Waals surface area contributed by atoms with Gasteiger partial charge in [0.15, 0.2) is 9.84 Å². The summed E-state index contributed by atoms with van der Waals surface area (Å²) in [6, 6.07) is -0.140. The minimum absolute atomic E-state index is 0.0361. The normalized spacial score (nSPS) is 29.4. The monoisotopic (exact) mass is 245 g/mol. The molecule has 1 saturated heterocycles. The highest BCUT2D eigenvalue weighted by molar-refractivity contribution is 7.91. The third-order valence-electron chi connectivity index (χ3n) is 3.55. The van der Waals surface area contributed by atoms with Crippen molar-refractivity contribution < 1.29 is 13.2 Å². The smallest absolute Gasteiger partial charge is 0.220 e. The van der Waals surface area contributed by atoms with Crippen LogP contribution < -0.4 is 5.32 Å². The highest BCUT2D eigenvalue weighted by Gasteiger charge is 2.29. The van der Waals surface area contributed by atoms with Gasteiger partial charge in [-0.05, 0) is 25.2 Å². The number of amides is 1. The number of hydrogen-bond acceptors (Lipinski definition) is 3. The molecule has 4 nitrogen and oxygen atoms in total. The molecule has 5 heteroatoms. The van der Waals surface area contributed by atoms with E-state index in [1.807, 2.05) is 0 Å². The molecular formula is C11H19NO3S. The molecule has 2 aliphatic rings. The first-order valence-corrected chi connectivity index (χ1v) is 7.87. The van der Waals surface area contributed by atoms with Crippen LogP contribution in [-0.4, -0.2) is 31.9 Å². The van der Waals surface area contributed by atoms with E-state index >= 15 is 0 Å². The Labute approximate surface area is 96.7 Å². The van der Waals surface area contributed by atoms with Crippen molar-refractivity contribution in [3.05, 3.63) is 0 Å². The molecule has 92 valence electrons. The highest BCUT2D eigenvalue weighted by Crippen LogP contribution is 2.27. The topological polar surface area (TPSA) is 63.2 Å². The third kappa shape index (κ3) is 3.20. The molecule has 0 aromatic heterocycles. The van der Waals surface area contributed by atoms with Crippen LogP contribution in [-0.2, 0) is 14.6 Å². The van der Waals surface area contributed by atoms with Crippen LogP contribution in [0.4, 0.5) is 0 Å². The molecule has 0 aromatic rings. The lowest BCUT2D eigenvalue weighted by molar-refractivity contribution is -0.122. The molecule has 1 aliphatic heterocycles. The van der Waals surface area contributed by atoms with E-state index in [1.165, 1.54) is 12.8 Å². The number of sulfone groups is 1. The van der Waals surface area contributed by atoms with Crippen molar-refractivity contribution in [1.29, 1.82) is 0 Å². The summed E-state index contributed by atoms with van der Waals surface area (Å²) in [5.41, 5.74) is 0. The van der Waals surface area contributed by atoms with Gasteiger partial charge in [0.1, 0.15) is 0 Å². The summed E-state index contributed by atoms with van der Waals surface area (Å²) >= 11 is 0. The van der Waals surface area contributed by atoms with Gasteiger partial charge >= 0.3 is 0 Å². The molecule has 0 radical (unpaired) electrons. The summed E-state index contributed by atoms with van der Waals surface area (Å²) in [4.78, 5) is 11.7. The van der Waals surface area contributed by atoms with Gasteiger partial charge in [0.25, 0.3) is 0 Å². The fourth-order valence-corrected chi connectivity index (χ4v) is 4.35. The van der Waals surface area contributed by atoms with Crippen molar-refractivity contribution in [2.24, 2.45) is 5.92 Å². The van der Waals surface area contributed by atoms with E-state index in [2.05, 4.69) is 5.32 Å². The van der Waals surface area contributed by atoms with E-state index in [0.29, 0.717) is 18.8 Å². The van der Waals surface area contributed by atoms with Crippen LogP contribution in [0.1, 0.15) is 38.5 Å². The molecule has 0 spiro atoms. The third-order valence-corrected chi connectivity index (χ3v) is 5.31. The van der Waals surface area contributed by atoms with Crippen molar-refractivity contribution in [3.63, 3.8) is 0 Å². The van der Waals surface area contributed by atoms with Crippen molar-refractivity contribution in [2.75, 3.05) is 11.5 Å². The van der Waals surface area contributed by atoms with Gasteiger partial charge in [-0.15, -0.1) is 0 Å². The maximum atomic E-state index is 11.7. The largest absolute Gasteiger partial charge is 0.352 e. The fourth-order valence-electron chi connectivity index (χ4n) is 2.67. The Hall–Kier alpha value is -0.580. The van der Waals surface area contributed by atoms with E-state index in [-0.39, 0.29) is 23.5 Å². The Kier molecular flexibility index (Phi) is 3.52. The van der Waals surface area contributed by atoms with Crippen molar-refractivity contribution in [3.8, 4) is 0 Å². The SMILES string of the molecule is O=C(CC1CCCC1)N[C@@H]1CCS(=O)(=O)C1. The Morgan fingerprint density at radius 1 is 1.19 bits per heavy atom. The molecule has 1 aliphatic carbocycles. The number of nitrogens with one attached hydrogen (secondary N) is 1. The molecule has 0 aromatic carbocycles. The molecule has 2 fully saturated rings. The van der Waals surface area contributed by atoms with E-state index in [1.54, 1.807) is 0 Å². The van der Waals surface area contributed by atoms with Crippen LogP contribution in [0.2, 0.25) is 0 Å². The molecular weight excluding hydrogens is 226 g/mol. The van der Waals surface area contributed by atoms with Crippen LogP contribution in [0.25, 0.3) is 0 Å². The lowest BCUT2D eigenvalue weighted by Gasteiger charge is -2.13. The number of hydrogen-bond donors (Lipinski definition) is 1. The summed E-state index contributed by atoms with van der Waals surface area (Å²) in [5.74, 6) is 0.914. The van der Waals surface area contributed by atoms with Crippen molar-refractivity contribution in [2.45, 2.75) is 44.6 Å². The van der Waals surface area contributed by atoms with Crippen LogP contribution in [0.5, 0.6) is 0 Å². The van der Waals surface area contributed by atoms with E-state index in [9.17, 15) is 13.2 Å². The zero-order valence-corrected chi connectivity index (χ0v) is 10.3. The van der Waals surface area contributed by atoms with Crippen LogP contribution >= 0.6 is 0 Å². The Morgan fingerprint density at radius 2 is 1.88 bits per heavy atom. The van der Waals surface area contributed by atoms with Gasteiger partial charge in [0.05, 0.1) is 11.5 Å². The second-order valence-corrected chi connectivity index (χ2v) is 7.25. The molecule has 0 bridgehead atoms. The van der Waals surface area contributed by atoms with Gasteiger partial charge in [-0.2, -0.15) is 0 Å². The van der Waals surface area contributed by atoms with Gasteiger partial charge in [-0.25, -0.2) is 8.42 Å². The Bertz CT molecular complexity index is 357. The van der Waals surface area contributed by atoms with Crippen LogP contribution in [0, 0.1) is 5.92 Å². The second-order valence-electron chi connectivity index (χ2n) is 5.02. The maximum absolute atomic E-state index is 11.7. The summed E-state index contributed by atoms with van der Waals surface area (Å²) in [6.07, 6.45) is 5.92. The minimum Gasteiger partial charge on any atom is -0.352 e. The predicted molar refractivity (Wildman–Crippen MR) is 61.8 cm³/mol. The van der Waals surface area contributed by atoms with E-state index in [4.69, 9.17) is 0 Å². The molecule has 1 amide bonds. The summed E-state index contributed by atoms with van der Waals surface area (Å²) in [6.45, 7) is 0. The highest BCUT2D eigenvalue weighted by atomic mass is 32.2. The van der Waals surface area contributed by atoms with Gasteiger partial charge in [0.2, 0.25) is 5.91 Å². The lowest BCUT2D eigenvalue weighted by Crippen LogP contribution is -2.36. The minimum atomic E-state index is -2.88. The number of carbonyl (C=O) groups excluding carboxylic acids is 1. The van der Waals surface area contributed by atoms with Crippen molar-refractivity contribution in [1.82, 2.24) is 5.32 Å². The van der Waals surface area contributed by atoms with Gasteiger partial charge in [-0.3, -0.25) is 4.79 Å². The van der Waals surface area contributed by atoms with Crippen LogP contribution in [0.3, 0.4) is 0 Å². The first-order chi connectivity index (χ1) is 7.55. The van der Waals surface area contributed by atoms with Gasteiger partial charge in [-0.1, -0.05) is 12.8 Å². The first kappa shape index (κ1) is 11.9. The first-order valence-electron chi connectivity index (χ1n) is 6.05. The summed E-state index contributed by atoms with van der Waals surface area (Å²) in [7, 11) is -2.88. The van der Waals surface area contributed by atoms with Gasteiger partial charge in [0, 0.05) is 12.5 Å². The average molecular weight is 245 g/mol. The molecule has 1 heterocycles. The van der Waals surface area contributed by atoms with Gasteiger partial charge < -0.3 is 5.32 Å². The van der Waals surface area contributed by atoms with Crippen molar-refractivity contribution >= 4 is 15.7 Å². The second kappa shape index (κ2) is 4.73. The molecule has 0 unspecified atom stereocenters. The zero-order valence-electron chi connectivity index (χ0n) is 9.44. The quantitative estimate of drug-likeness (QED) is 0.802. The molecule has 16 heavy (non-hydrogen) atoms. The fraction of sp³-hybridized carbons (Fsp3) is 0.909. The zero-order chi connectivity index (χ0) is 11.6. The predicted octanol–water partition coefficient (Wildman–Crippen LogP) is 0.870. The molecule has 2 rings (SSSR count). The molecule has 1 atom stereocenters. The Balaban J connectivity index is 1.75.